The molecular formula is C18H23ClF2N2O2. The van der Waals surface area contributed by atoms with Crippen LogP contribution in [-0.4, -0.2) is 43.6 Å². The molecule has 1 aliphatic carbocycles. The number of nitrogens with one attached hydrogen (secondary N) is 1. The van der Waals surface area contributed by atoms with Crippen LogP contribution in [0.5, 0.6) is 0 Å². The van der Waals surface area contributed by atoms with Crippen molar-refractivity contribution in [1.82, 2.24) is 10.2 Å². The largest absolute Gasteiger partial charge is 0.370 e. The van der Waals surface area contributed by atoms with Crippen LogP contribution in [0.15, 0.2) is 18.2 Å². The van der Waals surface area contributed by atoms with Gasteiger partial charge in [-0.2, -0.15) is 0 Å². The number of hydrogen-bond donors (Lipinski definition) is 1. The number of morpholine rings is 1. The molecule has 1 spiro atoms. The van der Waals surface area contributed by atoms with E-state index in [9.17, 15) is 13.6 Å². The van der Waals surface area contributed by atoms with Crippen LogP contribution in [0.3, 0.4) is 0 Å². The van der Waals surface area contributed by atoms with Crippen LogP contribution in [0.2, 0.25) is 0 Å². The molecule has 1 amide bonds. The number of hydrogen-bond acceptors (Lipinski definition) is 3. The van der Waals surface area contributed by atoms with Gasteiger partial charge in [-0.05, 0) is 55.5 Å². The monoisotopic (exact) mass is 372 g/mol. The van der Waals surface area contributed by atoms with E-state index in [2.05, 4.69) is 5.32 Å². The van der Waals surface area contributed by atoms with Crippen molar-refractivity contribution >= 4 is 18.3 Å². The number of rotatable bonds is 2. The Hall–Kier alpha value is -1.24. The molecule has 2 saturated heterocycles. The molecule has 0 bridgehead atoms. The van der Waals surface area contributed by atoms with E-state index < -0.39 is 11.6 Å². The minimum Gasteiger partial charge on any atom is -0.370 e. The summed E-state index contributed by atoms with van der Waals surface area (Å²) >= 11 is 0. The first-order valence-electron chi connectivity index (χ1n) is 8.65. The summed E-state index contributed by atoms with van der Waals surface area (Å²) in [5.41, 5.74) is 0.789. The quantitative estimate of drug-likeness (QED) is 0.867. The van der Waals surface area contributed by atoms with Crippen molar-refractivity contribution in [3.63, 3.8) is 0 Å². The molecule has 7 heteroatoms. The highest BCUT2D eigenvalue weighted by atomic mass is 35.5. The van der Waals surface area contributed by atoms with Gasteiger partial charge in [0.15, 0.2) is 11.6 Å². The molecule has 1 N–H and O–H groups in total. The average Bonchev–Trinajstić information content (AvgIpc) is 3.30. The number of piperidine rings is 1. The zero-order valence-electron chi connectivity index (χ0n) is 14.0. The van der Waals surface area contributed by atoms with Crippen LogP contribution < -0.4 is 5.32 Å². The third kappa shape index (κ3) is 3.52. The summed E-state index contributed by atoms with van der Waals surface area (Å²) in [5.74, 6) is -1.42. The number of halogens is 3. The minimum atomic E-state index is -0.879. The average molecular weight is 373 g/mol. The van der Waals surface area contributed by atoms with Gasteiger partial charge in [0.05, 0.1) is 13.2 Å². The van der Waals surface area contributed by atoms with Gasteiger partial charge < -0.3 is 15.0 Å². The van der Waals surface area contributed by atoms with Gasteiger partial charge in [0.1, 0.15) is 6.10 Å². The first-order valence-corrected chi connectivity index (χ1v) is 8.65. The van der Waals surface area contributed by atoms with E-state index >= 15 is 0 Å². The van der Waals surface area contributed by atoms with Crippen molar-refractivity contribution in [3.05, 3.63) is 35.4 Å². The molecule has 2 atom stereocenters. The van der Waals surface area contributed by atoms with Crippen LogP contribution in [-0.2, 0) is 9.53 Å². The molecule has 3 aliphatic rings. The second kappa shape index (κ2) is 7.17. The summed E-state index contributed by atoms with van der Waals surface area (Å²) in [7, 11) is 0. The standard InChI is InChI=1S/C18H22F2N2O2.ClH/c19-14-2-1-12(9-15(14)20)16-11-22(7-8-24-16)17(23)13-10-18(13)3-5-21-6-4-18;/h1-2,9,13,16,21H,3-8,10-11H2;1H. The van der Waals surface area contributed by atoms with Gasteiger partial charge in [-0.15, -0.1) is 12.4 Å². The smallest absolute Gasteiger partial charge is 0.226 e. The Labute approximate surface area is 152 Å². The Morgan fingerprint density at radius 3 is 2.72 bits per heavy atom. The molecule has 25 heavy (non-hydrogen) atoms. The predicted octanol–water partition coefficient (Wildman–Crippen LogP) is 2.68. The fraction of sp³-hybridized carbons (Fsp3) is 0.611. The van der Waals surface area contributed by atoms with Gasteiger partial charge in [0.2, 0.25) is 5.91 Å². The fourth-order valence-corrected chi connectivity index (χ4v) is 4.16. The Bertz CT molecular complexity index is 652. The minimum absolute atomic E-state index is 0. The molecule has 1 aromatic rings. The van der Waals surface area contributed by atoms with Gasteiger partial charge in [-0.3, -0.25) is 4.79 Å². The molecular weight excluding hydrogens is 350 g/mol. The Balaban J connectivity index is 0.00000182. The maximum Gasteiger partial charge on any atom is 0.226 e. The van der Waals surface area contributed by atoms with Gasteiger partial charge in [0, 0.05) is 12.5 Å². The maximum absolute atomic E-state index is 13.4. The Kier molecular flexibility index (Phi) is 5.32. The van der Waals surface area contributed by atoms with E-state index in [0.29, 0.717) is 25.3 Å². The van der Waals surface area contributed by atoms with Crippen molar-refractivity contribution in [3.8, 4) is 0 Å². The molecule has 138 valence electrons. The number of amides is 1. The second-order valence-electron chi connectivity index (χ2n) is 7.19. The molecule has 3 fully saturated rings. The van der Waals surface area contributed by atoms with Gasteiger partial charge in [0.25, 0.3) is 0 Å². The van der Waals surface area contributed by atoms with Gasteiger partial charge >= 0.3 is 0 Å². The lowest BCUT2D eigenvalue weighted by atomic mass is 9.91. The van der Waals surface area contributed by atoms with E-state index in [1.165, 1.54) is 12.1 Å². The molecule has 1 saturated carbocycles. The van der Waals surface area contributed by atoms with Crippen molar-refractivity contribution in [2.75, 3.05) is 32.8 Å². The number of benzene rings is 1. The first kappa shape index (κ1) is 18.5. The van der Waals surface area contributed by atoms with Crippen molar-refractivity contribution in [2.45, 2.75) is 25.4 Å². The molecule has 4 nitrogen and oxygen atoms in total. The lowest BCUT2D eigenvalue weighted by Crippen LogP contribution is -2.44. The van der Waals surface area contributed by atoms with Crippen LogP contribution in [0.25, 0.3) is 0 Å². The Morgan fingerprint density at radius 2 is 2.00 bits per heavy atom. The van der Waals surface area contributed by atoms with Gasteiger partial charge in [-0.25, -0.2) is 8.78 Å². The Morgan fingerprint density at radius 1 is 1.24 bits per heavy atom. The van der Waals surface area contributed by atoms with Crippen LogP contribution in [0.4, 0.5) is 8.78 Å². The zero-order valence-corrected chi connectivity index (χ0v) is 14.8. The third-order valence-corrected chi connectivity index (χ3v) is 5.78. The lowest BCUT2D eigenvalue weighted by molar-refractivity contribution is -0.141. The zero-order chi connectivity index (χ0) is 16.7. The predicted molar refractivity (Wildman–Crippen MR) is 91.5 cm³/mol. The molecule has 1 aromatic carbocycles. The van der Waals surface area contributed by atoms with E-state index in [1.54, 1.807) is 0 Å². The van der Waals surface area contributed by atoms with E-state index in [1.807, 2.05) is 4.90 Å². The van der Waals surface area contributed by atoms with Crippen LogP contribution in [0, 0.1) is 23.0 Å². The number of carbonyl (C=O) groups is 1. The summed E-state index contributed by atoms with van der Waals surface area (Å²) in [4.78, 5) is 14.7. The summed E-state index contributed by atoms with van der Waals surface area (Å²) in [6, 6.07) is 3.81. The summed E-state index contributed by atoms with van der Waals surface area (Å²) in [6.07, 6.45) is 2.74. The molecule has 0 radical (unpaired) electrons. The van der Waals surface area contributed by atoms with Crippen LogP contribution in [0.1, 0.15) is 30.9 Å². The highest BCUT2D eigenvalue weighted by Crippen LogP contribution is 2.59. The fourth-order valence-electron chi connectivity index (χ4n) is 4.16. The summed E-state index contributed by atoms with van der Waals surface area (Å²) in [6.45, 7) is 3.39. The number of carbonyl (C=O) groups excluding carboxylic acids is 1. The summed E-state index contributed by atoms with van der Waals surface area (Å²) < 4.78 is 32.2. The SMILES string of the molecule is Cl.O=C(C1CC12CCNCC2)N1CCOC(c2ccc(F)c(F)c2)C1. The van der Waals surface area contributed by atoms with E-state index in [4.69, 9.17) is 4.74 Å². The first-order chi connectivity index (χ1) is 11.6. The van der Waals surface area contributed by atoms with E-state index in [0.717, 1.165) is 38.4 Å². The van der Waals surface area contributed by atoms with Gasteiger partial charge in [-0.1, -0.05) is 6.07 Å². The molecule has 2 aliphatic heterocycles. The molecule has 0 aromatic heterocycles. The number of ether oxygens (including phenoxy) is 1. The molecule has 4 rings (SSSR count). The van der Waals surface area contributed by atoms with Crippen molar-refractivity contribution in [1.29, 1.82) is 0 Å². The van der Waals surface area contributed by atoms with Crippen molar-refractivity contribution in [2.24, 2.45) is 11.3 Å². The highest BCUT2D eigenvalue weighted by Gasteiger charge is 2.58. The normalized spacial score (nSPS) is 27.7. The lowest BCUT2D eigenvalue weighted by Gasteiger charge is -2.34. The molecule has 2 heterocycles. The van der Waals surface area contributed by atoms with E-state index in [-0.39, 0.29) is 35.8 Å². The topological polar surface area (TPSA) is 41.6 Å². The maximum atomic E-state index is 13.4. The molecule has 2 unspecified atom stereocenters. The number of nitrogens with zero attached hydrogens (tertiary/aromatic N) is 1. The second-order valence-corrected chi connectivity index (χ2v) is 7.19. The van der Waals surface area contributed by atoms with Crippen LogP contribution >= 0.6 is 12.4 Å². The highest BCUT2D eigenvalue weighted by molar-refractivity contribution is 5.85. The summed E-state index contributed by atoms with van der Waals surface area (Å²) in [5, 5.41) is 3.35. The van der Waals surface area contributed by atoms with Crippen molar-refractivity contribution < 1.29 is 18.3 Å². The third-order valence-electron chi connectivity index (χ3n) is 5.78.